The minimum atomic E-state index is -0.662. The number of aryl methyl sites for hydroxylation is 1. The Labute approximate surface area is 244 Å². The van der Waals surface area contributed by atoms with Crippen LogP contribution in [0.2, 0.25) is 0 Å². The Bertz CT molecular complexity index is 1560. The van der Waals surface area contributed by atoms with E-state index in [9.17, 15) is 9.50 Å². The van der Waals surface area contributed by atoms with Crippen LogP contribution in [0, 0.1) is 11.6 Å². The van der Waals surface area contributed by atoms with Gasteiger partial charge in [-0.25, -0.2) is 8.78 Å². The topological polar surface area (TPSA) is 104 Å². The summed E-state index contributed by atoms with van der Waals surface area (Å²) in [5.41, 5.74) is 0.836. The number of ether oxygens (including phenoxy) is 1. The number of nitrogens with zero attached hydrogens (tertiary/aromatic N) is 4. The molecule has 42 heavy (non-hydrogen) atoms. The number of benzene rings is 2. The van der Waals surface area contributed by atoms with Crippen LogP contribution >= 0.6 is 0 Å². The highest BCUT2D eigenvalue weighted by molar-refractivity contribution is 6.01. The molecule has 2 saturated heterocycles. The Kier molecular flexibility index (Phi) is 9.33. The van der Waals surface area contributed by atoms with Crippen molar-refractivity contribution < 1.29 is 23.7 Å². The molecule has 2 unspecified atom stereocenters. The molecular formula is C32H39F2N5O3. The Morgan fingerprint density at radius 3 is 2.55 bits per heavy atom. The zero-order chi connectivity index (χ0) is 29.8. The van der Waals surface area contributed by atoms with Crippen molar-refractivity contribution in [2.45, 2.75) is 70.9 Å². The number of hydrogen-bond donors (Lipinski definition) is 3. The fraction of sp³-hybridized carbons (Fsp3) is 0.469. The molecule has 2 aliphatic rings. The predicted molar refractivity (Wildman–Crippen MR) is 161 cm³/mol. The lowest BCUT2D eigenvalue weighted by atomic mass is 9.94. The molecule has 0 amide bonds. The normalized spacial score (nSPS) is 18.8. The van der Waals surface area contributed by atoms with Gasteiger partial charge in [0.05, 0.1) is 18.6 Å². The summed E-state index contributed by atoms with van der Waals surface area (Å²) in [6.07, 6.45) is 8.46. The molecule has 2 aliphatic heterocycles. The summed E-state index contributed by atoms with van der Waals surface area (Å²) in [6.45, 7) is 6.43. The number of hydrogen-bond acceptors (Lipinski definition) is 8. The van der Waals surface area contributed by atoms with Crippen LogP contribution in [-0.2, 0) is 6.42 Å². The molecule has 0 radical (unpaired) electrons. The van der Waals surface area contributed by atoms with Gasteiger partial charge in [-0.15, -0.1) is 0 Å². The first-order valence-corrected chi connectivity index (χ1v) is 14.9. The number of pyridine rings is 1. The number of aromatic nitrogens is 3. The first-order chi connectivity index (χ1) is 20.3. The minimum Gasteiger partial charge on any atom is -0.508 e. The molecule has 8 nitrogen and oxygen atoms in total. The maximum atomic E-state index is 16.0. The number of fused-ring (bicyclic) bond motifs is 2. The Hall–Kier alpha value is -3.63. The highest BCUT2D eigenvalue weighted by Gasteiger charge is 2.24. The van der Waals surface area contributed by atoms with E-state index < -0.39 is 5.82 Å². The zero-order valence-electron chi connectivity index (χ0n) is 24.5. The third kappa shape index (κ3) is 6.10. The first kappa shape index (κ1) is 29.8. The fourth-order valence-corrected chi connectivity index (χ4v) is 6.05. The van der Waals surface area contributed by atoms with Crippen molar-refractivity contribution in [3.05, 3.63) is 47.7 Å². The highest BCUT2D eigenvalue weighted by atomic mass is 19.1. The van der Waals surface area contributed by atoms with E-state index in [-0.39, 0.29) is 34.9 Å². The second-order valence-corrected chi connectivity index (χ2v) is 11.0. The second kappa shape index (κ2) is 13.1. The number of anilines is 1. The number of phenolic OH excluding ortho intramolecular Hbond substituents is 1. The van der Waals surface area contributed by atoms with E-state index in [4.69, 9.17) is 9.84 Å². The van der Waals surface area contributed by atoms with Gasteiger partial charge in [0, 0.05) is 37.4 Å². The lowest BCUT2D eigenvalue weighted by Gasteiger charge is -2.28. The molecule has 3 N–H and O–H groups in total. The summed E-state index contributed by atoms with van der Waals surface area (Å²) >= 11 is 0. The molecule has 10 heteroatoms. The predicted octanol–water partition coefficient (Wildman–Crippen LogP) is 5.90. The van der Waals surface area contributed by atoms with Crippen molar-refractivity contribution in [3.8, 4) is 23.0 Å². The standard InChI is InChI=1S/C25H24F2N4O2.C7H15NO/c1-3-16-19(26)8-7-14-11-15(32)12-17(20(14)16)22-21(27)23-18(13-28-22)24(30-25(29-23)33-2)31-9-5-4-6-10-31;1-2-3-6-4-7(9)5-8-6/h7-8,11-13,32H,3-6,9-10H2,1-2H3;6-9H,2-5H2,1H3. The number of methoxy groups -OCH3 is 1. The van der Waals surface area contributed by atoms with Crippen molar-refractivity contribution in [1.82, 2.24) is 20.3 Å². The van der Waals surface area contributed by atoms with E-state index >= 15 is 4.39 Å². The molecule has 0 bridgehead atoms. The van der Waals surface area contributed by atoms with Crippen LogP contribution in [0.15, 0.2) is 30.5 Å². The largest absolute Gasteiger partial charge is 0.508 e. The van der Waals surface area contributed by atoms with Crippen LogP contribution in [0.3, 0.4) is 0 Å². The van der Waals surface area contributed by atoms with Crippen LogP contribution in [-0.4, -0.2) is 64.1 Å². The van der Waals surface area contributed by atoms with Gasteiger partial charge in [-0.3, -0.25) is 4.98 Å². The van der Waals surface area contributed by atoms with Crippen LogP contribution in [0.25, 0.3) is 32.9 Å². The molecule has 6 rings (SSSR count). The number of piperidine rings is 1. The van der Waals surface area contributed by atoms with Crippen molar-refractivity contribution in [2.75, 3.05) is 31.6 Å². The van der Waals surface area contributed by atoms with E-state index in [1.165, 1.54) is 38.2 Å². The molecule has 2 aromatic heterocycles. The molecular weight excluding hydrogens is 540 g/mol. The summed E-state index contributed by atoms with van der Waals surface area (Å²) in [5.74, 6) is -0.503. The average Bonchev–Trinajstić information content (AvgIpc) is 3.42. The summed E-state index contributed by atoms with van der Waals surface area (Å²) in [4.78, 5) is 15.3. The molecule has 4 heterocycles. The van der Waals surface area contributed by atoms with Crippen molar-refractivity contribution >= 4 is 27.5 Å². The number of rotatable bonds is 6. The second-order valence-electron chi connectivity index (χ2n) is 11.0. The Morgan fingerprint density at radius 2 is 1.88 bits per heavy atom. The molecule has 4 aromatic rings. The van der Waals surface area contributed by atoms with Gasteiger partial charge in [0.2, 0.25) is 0 Å². The lowest BCUT2D eigenvalue weighted by Crippen LogP contribution is -2.30. The quantitative estimate of drug-likeness (QED) is 0.260. The number of aromatic hydroxyl groups is 1. The van der Waals surface area contributed by atoms with Crippen LogP contribution in [0.1, 0.15) is 57.9 Å². The molecule has 2 atom stereocenters. The van der Waals surface area contributed by atoms with Gasteiger partial charge in [0.1, 0.15) is 28.6 Å². The van der Waals surface area contributed by atoms with Crippen molar-refractivity contribution in [3.63, 3.8) is 0 Å². The molecule has 224 valence electrons. The Morgan fingerprint density at radius 1 is 1.10 bits per heavy atom. The van der Waals surface area contributed by atoms with Gasteiger partial charge in [0.25, 0.3) is 0 Å². The zero-order valence-corrected chi connectivity index (χ0v) is 24.5. The van der Waals surface area contributed by atoms with Gasteiger partial charge < -0.3 is 25.2 Å². The summed E-state index contributed by atoms with van der Waals surface area (Å²) < 4.78 is 35.9. The molecule has 2 aromatic carbocycles. The van der Waals surface area contributed by atoms with Gasteiger partial charge in [-0.1, -0.05) is 26.3 Å². The van der Waals surface area contributed by atoms with Gasteiger partial charge in [-0.2, -0.15) is 9.97 Å². The van der Waals surface area contributed by atoms with Crippen LogP contribution in [0.5, 0.6) is 11.8 Å². The maximum absolute atomic E-state index is 16.0. The van der Waals surface area contributed by atoms with E-state index in [2.05, 4.69) is 32.1 Å². The van der Waals surface area contributed by atoms with Gasteiger partial charge in [0.15, 0.2) is 5.82 Å². The number of β-amino-alcohol motifs (C(OH)–C–C–N with tert-alkyl or cyclic N) is 1. The number of aliphatic hydroxyl groups is 1. The summed E-state index contributed by atoms with van der Waals surface area (Å²) in [6, 6.07) is 6.55. The molecule has 0 saturated carbocycles. The smallest absolute Gasteiger partial charge is 0.318 e. The number of phenols is 1. The average molecular weight is 580 g/mol. The fourth-order valence-electron chi connectivity index (χ4n) is 6.05. The molecule has 0 spiro atoms. The van der Waals surface area contributed by atoms with Crippen LogP contribution in [0.4, 0.5) is 14.6 Å². The third-order valence-electron chi connectivity index (χ3n) is 8.08. The van der Waals surface area contributed by atoms with Gasteiger partial charge in [-0.05, 0) is 73.1 Å². The molecule has 2 fully saturated rings. The number of aliphatic hydroxyl groups excluding tert-OH is 1. The summed E-state index contributed by atoms with van der Waals surface area (Å²) in [5, 5.41) is 24.3. The monoisotopic (exact) mass is 579 g/mol. The van der Waals surface area contributed by atoms with E-state index in [1.54, 1.807) is 12.3 Å². The molecule has 0 aliphatic carbocycles. The van der Waals surface area contributed by atoms with Gasteiger partial charge >= 0.3 is 6.01 Å². The van der Waals surface area contributed by atoms with Crippen molar-refractivity contribution in [1.29, 1.82) is 0 Å². The third-order valence-corrected chi connectivity index (χ3v) is 8.08. The van der Waals surface area contributed by atoms with E-state index in [0.717, 1.165) is 45.3 Å². The van der Waals surface area contributed by atoms with Crippen LogP contribution < -0.4 is 15.0 Å². The van der Waals surface area contributed by atoms with E-state index in [0.29, 0.717) is 45.6 Å². The first-order valence-electron chi connectivity index (χ1n) is 14.9. The van der Waals surface area contributed by atoms with E-state index in [1.807, 2.05) is 6.92 Å². The highest BCUT2D eigenvalue weighted by Crippen LogP contribution is 2.39. The summed E-state index contributed by atoms with van der Waals surface area (Å²) in [7, 11) is 1.44. The Balaban J connectivity index is 0.000000336. The number of halogens is 2. The minimum absolute atomic E-state index is 0.00551. The SMILES string of the molecule is CCCC1CC(O)CN1.CCc1c(F)ccc2cc(O)cc(-c3ncc4c(N5CCCCC5)nc(OC)nc4c3F)c12. The number of nitrogens with one attached hydrogen (secondary N) is 1. The lowest BCUT2D eigenvalue weighted by molar-refractivity contribution is 0.192. The van der Waals surface area contributed by atoms with Crippen molar-refractivity contribution in [2.24, 2.45) is 0 Å². The maximum Gasteiger partial charge on any atom is 0.318 e.